The first-order chi connectivity index (χ1) is 16.2. The Morgan fingerprint density at radius 1 is 1.24 bits per heavy atom. The van der Waals surface area contributed by atoms with Crippen LogP contribution in [0.4, 0.5) is 0 Å². The molecule has 0 aliphatic carbocycles. The molecular formula is C24H31ClN4O4S. The minimum absolute atomic E-state index is 0.0522. The third-order valence-corrected chi connectivity index (χ3v) is 7.25. The number of fused-ring (bicyclic) bond motifs is 1. The summed E-state index contributed by atoms with van der Waals surface area (Å²) in [6.45, 7) is 15.5. The minimum atomic E-state index is -3.90. The zero-order chi connectivity index (χ0) is 25.0. The third-order valence-electron chi connectivity index (χ3n) is 5.29. The van der Waals surface area contributed by atoms with Gasteiger partial charge in [-0.15, -0.1) is 0 Å². The van der Waals surface area contributed by atoms with E-state index < -0.39 is 10.0 Å². The Hall–Kier alpha value is -2.46. The van der Waals surface area contributed by atoms with Crippen molar-refractivity contribution in [3.8, 4) is 11.5 Å². The van der Waals surface area contributed by atoms with E-state index in [1.165, 1.54) is 18.3 Å². The van der Waals surface area contributed by atoms with Crippen molar-refractivity contribution in [2.45, 2.75) is 53.4 Å². The molecule has 1 aromatic carbocycles. The zero-order valence-electron chi connectivity index (χ0n) is 20.2. The quantitative estimate of drug-likeness (QED) is 0.422. The number of aromatic nitrogens is 3. The first-order valence-corrected chi connectivity index (χ1v) is 13.1. The van der Waals surface area contributed by atoms with E-state index in [2.05, 4.69) is 21.6 Å². The molecule has 0 bridgehead atoms. The summed E-state index contributed by atoms with van der Waals surface area (Å²) in [4.78, 5) is 6.73. The monoisotopic (exact) mass is 506 g/mol. The second-order valence-corrected chi connectivity index (χ2v) is 10.1. The number of oxazole rings is 1. The maximum absolute atomic E-state index is 13.0. The summed E-state index contributed by atoms with van der Waals surface area (Å²) in [5.41, 5.74) is 0.911. The number of hydrogen-bond donors (Lipinski definition) is 0. The average Bonchev–Trinajstić information content (AvgIpc) is 3.42. The molecule has 184 valence electrons. The van der Waals surface area contributed by atoms with Crippen LogP contribution in [0.5, 0.6) is 0 Å². The summed E-state index contributed by atoms with van der Waals surface area (Å²) >= 11 is 6.33. The Morgan fingerprint density at radius 2 is 1.91 bits per heavy atom. The summed E-state index contributed by atoms with van der Waals surface area (Å²) in [6.07, 6.45) is 6.21. The molecule has 0 spiro atoms. The van der Waals surface area contributed by atoms with E-state index in [9.17, 15) is 8.42 Å². The van der Waals surface area contributed by atoms with E-state index in [0.29, 0.717) is 39.7 Å². The van der Waals surface area contributed by atoms with Gasteiger partial charge < -0.3 is 9.15 Å². The molecule has 3 heterocycles. The zero-order valence-corrected chi connectivity index (χ0v) is 21.7. The highest BCUT2D eigenvalue weighted by Crippen LogP contribution is 2.33. The van der Waals surface area contributed by atoms with Gasteiger partial charge in [0.1, 0.15) is 5.76 Å². The normalized spacial score (nSPS) is 19.6. The van der Waals surface area contributed by atoms with Gasteiger partial charge in [0, 0.05) is 29.1 Å². The molecule has 0 amide bonds. The van der Waals surface area contributed by atoms with Crippen LogP contribution in [0.15, 0.2) is 52.6 Å². The fraction of sp³-hybridized carbons (Fsp3) is 0.417. The van der Waals surface area contributed by atoms with Gasteiger partial charge in [-0.25, -0.2) is 4.98 Å². The van der Waals surface area contributed by atoms with E-state index in [4.69, 9.17) is 20.8 Å². The largest absolute Gasteiger partial charge is 0.440 e. The highest BCUT2D eigenvalue weighted by Gasteiger charge is 2.25. The summed E-state index contributed by atoms with van der Waals surface area (Å²) in [7, 11) is -3.90. The first kappa shape index (κ1) is 26.2. The number of benzene rings is 1. The Kier molecular flexibility index (Phi) is 8.35. The van der Waals surface area contributed by atoms with Gasteiger partial charge >= 0.3 is 0 Å². The summed E-state index contributed by atoms with van der Waals surface area (Å²) in [5.74, 6) is 1.06. The first-order valence-electron chi connectivity index (χ1n) is 11.3. The molecule has 0 N–H and O–H groups in total. The van der Waals surface area contributed by atoms with E-state index in [1.54, 1.807) is 25.3 Å². The van der Waals surface area contributed by atoms with Crippen LogP contribution in [-0.4, -0.2) is 52.8 Å². The predicted octanol–water partition coefficient (Wildman–Crippen LogP) is 5.25. The maximum atomic E-state index is 13.0. The van der Waals surface area contributed by atoms with Crippen LogP contribution in [-0.2, 0) is 21.3 Å². The summed E-state index contributed by atoms with van der Waals surface area (Å²) in [5, 5.41) is 5.03. The molecule has 1 fully saturated rings. The van der Waals surface area contributed by atoms with Crippen molar-refractivity contribution in [1.29, 1.82) is 0 Å². The molecule has 0 unspecified atom stereocenters. The van der Waals surface area contributed by atoms with Gasteiger partial charge in [0.25, 0.3) is 10.0 Å². The third kappa shape index (κ3) is 5.27. The fourth-order valence-corrected chi connectivity index (χ4v) is 5.55. The number of rotatable bonds is 6. The van der Waals surface area contributed by atoms with Gasteiger partial charge in [0.05, 0.1) is 41.6 Å². The van der Waals surface area contributed by atoms with Crippen molar-refractivity contribution in [1.82, 2.24) is 19.1 Å². The number of nitrogens with zero attached hydrogens (tertiary/aromatic N) is 4. The van der Waals surface area contributed by atoms with E-state index >= 15 is 0 Å². The van der Waals surface area contributed by atoms with Gasteiger partial charge in [0.15, 0.2) is 0 Å². The lowest BCUT2D eigenvalue weighted by Gasteiger charge is -2.34. The Balaban J connectivity index is 0.00000158. The molecule has 0 radical (unpaired) electrons. The van der Waals surface area contributed by atoms with Crippen LogP contribution in [0.1, 0.15) is 40.4 Å². The fourth-order valence-electron chi connectivity index (χ4n) is 4.05. The molecule has 2 atom stereocenters. The molecule has 0 saturated carbocycles. The summed E-state index contributed by atoms with van der Waals surface area (Å²) < 4.78 is 38.7. The maximum Gasteiger partial charge on any atom is 0.283 e. The Labute approximate surface area is 205 Å². The number of ether oxygens (including phenoxy) is 1. The van der Waals surface area contributed by atoms with Crippen molar-refractivity contribution in [2.75, 3.05) is 13.1 Å². The van der Waals surface area contributed by atoms with Gasteiger partial charge in [0.2, 0.25) is 5.89 Å². The molecule has 1 saturated heterocycles. The lowest BCUT2D eigenvalue weighted by Crippen LogP contribution is -2.44. The lowest BCUT2D eigenvalue weighted by atomic mass is 10.1. The van der Waals surface area contributed by atoms with Crippen LogP contribution in [0.25, 0.3) is 22.4 Å². The van der Waals surface area contributed by atoms with Crippen molar-refractivity contribution in [3.05, 3.63) is 58.9 Å². The molecule has 2 aromatic heterocycles. The van der Waals surface area contributed by atoms with Crippen molar-refractivity contribution < 1.29 is 17.6 Å². The predicted molar refractivity (Wildman–Crippen MR) is 135 cm³/mol. The van der Waals surface area contributed by atoms with Crippen LogP contribution in [0, 0.1) is 0 Å². The molecular weight excluding hydrogens is 476 g/mol. The second kappa shape index (κ2) is 10.9. The topological polar surface area (TPSA) is 90.5 Å². The molecule has 4 rings (SSSR count). The molecule has 1 aliphatic rings. The Morgan fingerprint density at radius 3 is 2.53 bits per heavy atom. The molecule has 3 aromatic rings. The number of morpholine rings is 1. The number of halogens is 1. The smallest absolute Gasteiger partial charge is 0.283 e. The van der Waals surface area contributed by atoms with Crippen LogP contribution >= 0.6 is 11.6 Å². The standard InChI is InChI=1S/C22H25ClN4O4S.C2H6/c1-5-18(6-2)32(28,29)27-21-8-16(23)7-19(20(21)10-25-27)22-24-9-17(31-22)13-26-11-14(3)30-15(4)12-26;1-2/h5-10,14-15H,1,11-13H2,2-4H3;1-2H3/b18-6+;/t14-,15+;. The van der Waals surface area contributed by atoms with E-state index in [-0.39, 0.29) is 17.1 Å². The highest BCUT2D eigenvalue weighted by molar-refractivity contribution is 7.94. The SMILES string of the molecule is C=C/C(=C\C)S(=O)(=O)n1ncc2c(-c3ncc(CN4C[C@@H](C)O[C@@H](C)C4)o3)cc(Cl)cc21.CC. The van der Waals surface area contributed by atoms with E-state index in [1.807, 2.05) is 27.7 Å². The average molecular weight is 507 g/mol. The summed E-state index contributed by atoms with van der Waals surface area (Å²) in [6, 6.07) is 3.25. The van der Waals surface area contributed by atoms with Crippen molar-refractivity contribution in [2.24, 2.45) is 0 Å². The Bertz CT molecular complexity index is 1290. The molecule has 1 aliphatic heterocycles. The van der Waals surface area contributed by atoms with Gasteiger partial charge in [-0.2, -0.15) is 17.6 Å². The van der Waals surface area contributed by atoms with Crippen molar-refractivity contribution in [3.63, 3.8) is 0 Å². The highest BCUT2D eigenvalue weighted by atomic mass is 35.5. The van der Waals surface area contributed by atoms with Crippen LogP contribution < -0.4 is 0 Å². The van der Waals surface area contributed by atoms with Crippen LogP contribution in [0.3, 0.4) is 0 Å². The van der Waals surface area contributed by atoms with Gasteiger partial charge in [-0.05, 0) is 39.0 Å². The molecule has 34 heavy (non-hydrogen) atoms. The van der Waals surface area contributed by atoms with Crippen LogP contribution in [0.2, 0.25) is 5.02 Å². The number of hydrogen-bond acceptors (Lipinski definition) is 7. The van der Waals surface area contributed by atoms with E-state index in [0.717, 1.165) is 17.2 Å². The lowest BCUT2D eigenvalue weighted by molar-refractivity contribution is -0.0718. The second-order valence-electron chi connectivity index (χ2n) is 7.86. The van der Waals surface area contributed by atoms with Gasteiger partial charge in [-0.3, -0.25) is 4.90 Å². The van der Waals surface area contributed by atoms with Crippen molar-refractivity contribution >= 4 is 32.5 Å². The van der Waals surface area contributed by atoms with Gasteiger partial charge in [-0.1, -0.05) is 38.1 Å². The molecule has 8 nitrogen and oxygen atoms in total. The molecule has 10 heteroatoms. The number of allylic oxidation sites excluding steroid dienone is 2. The minimum Gasteiger partial charge on any atom is -0.440 e.